The average molecular weight is 351 g/mol. The van der Waals surface area contributed by atoms with Crippen molar-refractivity contribution in [2.24, 2.45) is 5.73 Å². The number of pyridine rings is 1. The highest BCUT2D eigenvalue weighted by molar-refractivity contribution is 9.10. The van der Waals surface area contributed by atoms with Gasteiger partial charge in [0.25, 0.3) is 0 Å². The van der Waals surface area contributed by atoms with Gasteiger partial charge in [-0.05, 0) is 53.5 Å². The Morgan fingerprint density at radius 3 is 2.71 bits per heavy atom. The molecule has 6 heteroatoms. The van der Waals surface area contributed by atoms with Crippen LogP contribution in [0.3, 0.4) is 0 Å². The first-order chi connectivity index (χ1) is 9.88. The van der Waals surface area contributed by atoms with Gasteiger partial charge in [-0.2, -0.15) is 0 Å². The van der Waals surface area contributed by atoms with Crippen LogP contribution in [0.25, 0.3) is 0 Å². The van der Waals surface area contributed by atoms with Crippen molar-refractivity contribution in [1.82, 2.24) is 4.98 Å². The van der Waals surface area contributed by atoms with Gasteiger partial charge in [-0.1, -0.05) is 6.07 Å². The number of aromatic carboxylic acids is 1. The summed E-state index contributed by atoms with van der Waals surface area (Å²) in [5.74, 6) is -0.0922. The number of carbonyl (C=O) groups is 1. The fourth-order valence-corrected chi connectivity index (χ4v) is 2.27. The van der Waals surface area contributed by atoms with E-state index in [4.69, 9.17) is 15.6 Å². The normalized spacial score (nSPS) is 12.0. The van der Waals surface area contributed by atoms with Crippen LogP contribution in [0, 0.1) is 6.92 Å². The predicted molar refractivity (Wildman–Crippen MR) is 82.8 cm³/mol. The maximum atomic E-state index is 11.1. The Morgan fingerprint density at radius 1 is 1.43 bits per heavy atom. The van der Waals surface area contributed by atoms with E-state index >= 15 is 0 Å². The number of rotatable bonds is 4. The van der Waals surface area contributed by atoms with Gasteiger partial charge in [0, 0.05) is 6.04 Å². The predicted octanol–water partition coefficient (Wildman–Crippen LogP) is 3.66. The molecule has 2 rings (SSSR count). The van der Waals surface area contributed by atoms with Gasteiger partial charge < -0.3 is 15.6 Å². The minimum Gasteiger partial charge on any atom is -0.478 e. The van der Waals surface area contributed by atoms with Gasteiger partial charge in [0.15, 0.2) is 0 Å². The second-order valence-corrected chi connectivity index (χ2v) is 5.54. The van der Waals surface area contributed by atoms with Crippen molar-refractivity contribution in [1.29, 1.82) is 0 Å². The Labute approximate surface area is 130 Å². The molecule has 1 unspecified atom stereocenters. The first-order valence-corrected chi connectivity index (χ1v) is 7.10. The topological polar surface area (TPSA) is 85.4 Å². The molecule has 0 radical (unpaired) electrons. The van der Waals surface area contributed by atoms with E-state index in [9.17, 15) is 4.79 Å². The fraction of sp³-hybridized carbons (Fsp3) is 0.200. The number of carboxylic acids is 1. The van der Waals surface area contributed by atoms with E-state index in [2.05, 4.69) is 20.9 Å². The minimum atomic E-state index is -1.03. The number of hydrogen-bond donors (Lipinski definition) is 2. The first kappa shape index (κ1) is 15.5. The van der Waals surface area contributed by atoms with Crippen molar-refractivity contribution in [3.8, 4) is 11.5 Å². The Morgan fingerprint density at radius 2 is 2.14 bits per heavy atom. The summed E-state index contributed by atoms with van der Waals surface area (Å²) in [6, 6.07) is 6.90. The summed E-state index contributed by atoms with van der Waals surface area (Å²) in [6.45, 7) is 3.53. The molecule has 0 aliphatic heterocycles. The summed E-state index contributed by atoms with van der Waals surface area (Å²) < 4.78 is 6.42. The molecule has 0 saturated carbocycles. The van der Waals surface area contributed by atoms with Crippen molar-refractivity contribution >= 4 is 21.9 Å². The van der Waals surface area contributed by atoms with Crippen LogP contribution in [0.1, 0.15) is 34.6 Å². The van der Waals surface area contributed by atoms with E-state index in [1.807, 2.05) is 19.1 Å². The molecule has 1 aromatic carbocycles. The number of hydrogen-bond acceptors (Lipinski definition) is 4. The van der Waals surface area contributed by atoms with E-state index in [0.717, 1.165) is 10.0 Å². The van der Waals surface area contributed by atoms with Gasteiger partial charge >= 0.3 is 5.97 Å². The number of carboxylic acid groups (broad SMARTS) is 1. The molecule has 110 valence electrons. The zero-order valence-corrected chi connectivity index (χ0v) is 13.2. The third-order valence-electron chi connectivity index (χ3n) is 3.00. The van der Waals surface area contributed by atoms with Crippen LogP contribution in [0.4, 0.5) is 0 Å². The van der Waals surface area contributed by atoms with Crippen molar-refractivity contribution < 1.29 is 14.6 Å². The van der Waals surface area contributed by atoms with Crippen molar-refractivity contribution in [2.45, 2.75) is 19.9 Å². The standard InChI is InChI=1S/C15H15BrN2O3/c1-8(17)10-3-4-14(13(16)5-10)21-11-6-12(15(19)20)9(2)18-7-11/h3-8H,17H2,1-2H3,(H,19,20). The van der Waals surface area contributed by atoms with Crippen molar-refractivity contribution in [3.05, 3.63) is 51.8 Å². The summed E-state index contributed by atoms with van der Waals surface area (Å²) in [7, 11) is 0. The number of nitrogens with two attached hydrogens (primary N) is 1. The third kappa shape index (κ3) is 3.59. The molecule has 1 heterocycles. The van der Waals surface area contributed by atoms with Crippen molar-refractivity contribution in [2.75, 3.05) is 0 Å². The quantitative estimate of drug-likeness (QED) is 0.878. The van der Waals surface area contributed by atoms with E-state index in [1.165, 1.54) is 12.3 Å². The largest absolute Gasteiger partial charge is 0.478 e. The summed E-state index contributed by atoms with van der Waals surface area (Å²) in [5.41, 5.74) is 7.36. The molecule has 5 nitrogen and oxygen atoms in total. The smallest absolute Gasteiger partial charge is 0.337 e. The Kier molecular flexibility index (Phi) is 4.59. The highest BCUT2D eigenvalue weighted by atomic mass is 79.9. The van der Waals surface area contributed by atoms with E-state index in [1.54, 1.807) is 13.0 Å². The minimum absolute atomic E-state index is 0.0741. The van der Waals surface area contributed by atoms with Gasteiger partial charge in [0.05, 0.1) is 21.9 Å². The lowest BCUT2D eigenvalue weighted by Gasteiger charge is -2.11. The number of nitrogens with zero attached hydrogens (tertiary/aromatic N) is 1. The zero-order valence-electron chi connectivity index (χ0n) is 11.6. The van der Waals surface area contributed by atoms with Crippen molar-refractivity contribution in [3.63, 3.8) is 0 Å². The number of aromatic nitrogens is 1. The SMILES string of the molecule is Cc1ncc(Oc2ccc(C(C)N)cc2Br)cc1C(=O)O. The second-order valence-electron chi connectivity index (χ2n) is 4.69. The van der Waals surface area contributed by atoms with Crippen LogP contribution in [-0.4, -0.2) is 16.1 Å². The number of ether oxygens (including phenoxy) is 1. The van der Waals surface area contributed by atoms with Gasteiger partial charge in [0.1, 0.15) is 11.5 Å². The molecule has 21 heavy (non-hydrogen) atoms. The molecule has 1 atom stereocenters. The van der Waals surface area contributed by atoms with Crippen LogP contribution in [0.15, 0.2) is 34.9 Å². The zero-order chi connectivity index (χ0) is 15.6. The molecular weight excluding hydrogens is 336 g/mol. The van der Waals surface area contributed by atoms with Gasteiger partial charge in [-0.3, -0.25) is 4.98 Å². The molecule has 3 N–H and O–H groups in total. The lowest BCUT2D eigenvalue weighted by atomic mass is 10.1. The highest BCUT2D eigenvalue weighted by Gasteiger charge is 2.12. The lowest BCUT2D eigenvalue weighted by Crippen LogP contribution is -2.05. The van der Waals surface area contributed by atoms with E-state index < -0.39 is 5.97 Å². The molecule has 0 aliphatic rings. The molecule has 0 spiro atoms. The average Bonchev–Trinajstić information content (AvgIpc) is 2.42. The van der Waals surface area contributed by atoms with E-state index in [0.29, 0.717) is 17.2 Å². The molecule has 0 fully saturated rings. The Balaban J connectivity index is 2.30. The molecule has 1 aromatic heterocycles. The summed E-state index contributed by atoms with van der Waals surface area (Å²) >= 11 is 3.42. The molecule has 0 amide bonds. The fourth-order valence-electron chi connectivity index (χ4n) is 1.80. The van der Waals surface area contributed by atoms with Gasteiger partial charge in [0.2, 0.25) is 0 Å². The van der Waals surface area contributed by atoms with Gasteiger partial charge in [-0.25, -0.2) is 4.79 Å². The number of benzene rings is 1. The maximum Gasteiger partial charge on any atom is 0.337 e. The lowest BCUT2D eigenvalue weighted by molar-refractivity contribution is 0.0695. The Bertz CT molecular complexity index is 687. The summed E-state index contributed by atoms with van der Waals surface area (Å²) in [6.07, 6.45) is 1.49. The third-order valence-corrected chi connectivity index (χ3v) is 3.62. The maximum absolute atomic E-state index is 11.1. The molecule has 0 bridgehead atoms. The molecule has 0 aliphatic carbocycles. The first-order valence-electron chi connectivity index (χ1n) is 6.31. The van der Waals surface area contributed by atoms with Crippen LogP contribution in [0.5, 0.6) is 11.5 Å². The van der Waals surface area contributed by atoms with Crippen LogP contribution < -0.4 is 10.5 Å². The summed E-state index contributed by atoms with van der Waals surface area (Å²) in [5, 5.41) is 9.09. The van der Waals surface area contributed by atoms with Crippen LogP contribution in [-0.2, 0) is 0 Å². The molecule has 2 aromatic rings. The number of aryl methyl sites for hydroxylation is 1. The molecular formula is C15H15BrN2O3. The molecule has 0 saturated heterocycles. The van der Waals surface area contributed by atoms with Crippen LogP contribution >= 0.6 is 15.9 Å². The Hall–Kier alpha value is -1.92. The van der Waals surface area contributed by atoms with E-state index in [-0.39, 0.29) is 11.6 Å². The number of halogens is 1. The van der Waals surface area contributed by atoms with Crippen LogP contribution in [0.2, 0.25) is 0 Å². The monoisotopic (exact) mass is 350 g/mol. The van der Waals surface area contributed by atoms with Gasteiger partial charge in [-0.15, -0.1) is 0 Å². The summed E-state index contributed by atoms with van der Waals surface area (Å²) in [4.78, 5) is 15.1. The second kappa shape index (κ2) is 6.24. The highest BCUT2D eigenvalue weighted by Crippen LogP contribution is 2.32.